The molecule has 0 aliphatic carbocycles. The van der Waals surface area contributed by atoms with Crippen LogP contribution in [0.3, 0.4) is 0 Å². The number of piperazine rings is 1. The van der Waals surface area contributed by atoms with E-state index in [2.05, 4.69) is 5.32 Å². The minimum Gasteiger partial charge on any atom is -0.350 e. The van der Waals surface area contributed by atoms with Gasteiger partial charge in [-0.1, -0.05) is 0 Å². The number of primary amides is 2. The lowest BCUT2D eigenvalue weighted by molar-refractivity contribution is -0.0820. The normalized spacial score (nSPS) is 21.5. The van der Waals surface area contributed by atoms with Crippen LogP contribution in [-0.4, -0.2) is 53.0 Å². The summed E-state index contributed by atoms with van der Waals surface area (Å²) in [6.45, 7) is 1.30. The van der Waals surface area contributed by atoms with Gasteiger partial charge >= 0.3 is 12.1 Å². The van der Waals surface area contributed by atoms with Gasteiger partial charge in [-0.2, -0.15) is 10.1 Å². The summed E-state index contributed by atoms with van der Waals surface area (Å²) in [7, 11) is 0. The van der Waals surface area contributed by atoms with Crippen LogP contribution < -0.4 is 28.5 Å². The number of carbonyl (C=O) groups is 2. The quantitative estimate of drug-likeness (QED) is 0.190. The molecule has 1 atom stereocenters. The Morgan fingerprint density at radius 1 is 1.25 bits per heavy atom. The van der Waals surface area contributed by atoms with Gasteiger partial charge in [-0.05, 0) is 0 Å². The highest BCUT2D eigenvalue weighted by atomic mass is 16.2. The van der Waals surface area contributed by atoms with Crippen LogP contribution in [0.5, 0.6) is 0 Å². The third-order valence-electron chi connectivity index (χ3n) is 2.27. The van der Waals surface area contributed by atoms with Gasteiger partial charge in [0, 0.05) is 19.6 Å². The number of carbonyl (C=O) groups excluding carboxylic acids is 2. The SMILES string of the molecule is NC(=O)N(N)C1CNCCN1N(N)C(N)=O. The monoisotopic (exact) mass is 232 g/mol. The van der Waals surface area contributed by atoms with E-state index in [4.69, 9.17) is 23.2 Å². The van der Waals surface area contributed by atoms with Crippen molar-refractivity contribution in [2.24, 2.45) is 23.2 Å². The van der Waals surface area contributed by atoms with E-state index in [9.17, 15) is 9.59 Å². The molecule has 1 aliphatic heterocycles. The number of nitrogens with one attached hydrogen (secondary N) is 1. The summed E-state index contributed by atoms with van der Waals surface area (Å²) in [4.78, 5) is 21.9. The fourth-order valence-electron chi connectivity index (χ4n) is 1.45. The average molecular weight is 232 g/mol. The molecule has 4 amide bonds. The Morgan fingerprint density at radius 3 is 2.38 bits per heavy atom. The second kappa shape index (κ2) is 4.94. The molecule has 1 fully saturated rings. The van der Waals surface area contributed by atoms with Crippen molar-refractivity contribution in [2.75, 3.05) is 19.6 Å². The number of nitrogens with zero attached hydrogens (tertiary/aromatic N) is 3. The third kappa shape index (κ3) is 2.49. The lowest BCUT2D eigenvalue weighted by atomic mass is 10.3. The maximum absolute atomic E-state index is 10.9. The highest BCUT2D eigenvalue weighted by molar-refractivity contribution is 5.72. The molecule has 1 saturated heterocycles. The smallest absolute Gasteiger partial charge is 0.344 e. The Labute approximate surface area is 92.0 Å². The van der Waals surface area contributed by atoms with Crippen molar-refractivity contribution in [2.45, 2.75) is 6.17 Å². The fourth-order valence-corrected chi connectivity index (χ4v) is 1.45. The molecule has 0 spiro atoms. The minimum atomic E-state index is -0.843. The number of urea groups is 2. The van der Waals surface area contributed by atoms with Gasteiger partial charge in [0.05, 0.1) is 0 Å². The van der Waals surface area contributed by atoms with E-state index < -0.39 is 18.2 Å². The predicted molar refractivity (Wildman–Crippen MR) is 54.6 cm³/mol. The average Bonchev–Trinajstić information content (AvgIpc) is 2.26. The molecule has 10 heteroatoms. The molecule has 0 aromatic carbocycles. The van der Waals surface area contributed by atoms with Crippen molar-refractivity contribution in [3.63, 3.8) is 0 Å². The van der Waals surface area contributed by atoms with Crippen LogP contribution in [0.4, 0.5) is 9.59 Å². The van der Waals surface area contributed by atoms with Crippen LogP contribution in [0.25, 0.3) is 0 Å². The first-order valence-corrected chi connectivity index (χ1v) is 4.60. The largest absolute Gasteiger partial charge is 0.350 e. The lowest BCUT2D eigenvalue weighted by Gasteiger charge is -2.42. The molecule has 0 aromatic heterocycles. The number of nitrogens with two attached hydrogens (primary N) is 4. The van der Waals surface area contributed by atoms with E-state index in [0.717, 1.165) is 5.01 Å². The van der Waals surface area contributed by atoms with Crippen molar-refractivity contribution in [3.05, 3.63) is 0 Å². The van der Waals surface area contributed by atoms with Crippen LogP contribution in [0.15, 0.2) is 0 Å². The van der Waals surface area contributed by atoms with E-state index in [1.54, 1.807) is 0 Å². The minimum absolute atomic E-state index is 0.334. The summed E-state index contributed by atoms with van der Waals surface area (Å²) in [5, 5.41) is 5.86. The highest BCUT2D eigenvalue weighted by Crippen LogP contribution is 2.06. The summed E-state index contributed by atoms with van der Waals surface area (Å²) in [5.41, 5.74) is 10.1. The molecule has 1 aliphatic rings. The van der Waals surface area contributed by atoms with Gasteiger partial charge in [0.25, 0.3) is 0 Å². The molecule has 0 aromatic rings. The topological polar surface area (TPSA) is 160 Å². The zero-order valence-corrected chi connectivity index (χ0v) is 8.67. The van der Waals surface area contributed by atoms with Gasteiger partial charge < -0.3 is 16.8 Å². The number of rotatable bonds is 2. The highest BCUT2D eigenvalue weighted by Gasteiger charge is 2.32. The Morgan fingerprint density at radius 2 is 1.88 bits per heavy atom. The van der Waals surface area contributed by atoms with Gasteiger partial charge in [-0.15, -0.1) is 0 Å². The van der Waals surface area contributed by atoms with Gasteiger partial charge in [-0.25, -0.2) is 26.3 Å². The summed E-state index contributed by atoms with van der Waals surface area (Å²) >= 11 is 0. The predicted octanol–water partition coefficient (Wildman–Crippen LogP) is -3.36. The molecule has 0 saturated carbocycles. The van der Waals surface area contributed by atoms with E-state index in [0.29, 0.717) is 24.8 Å². The summed E-state index contributed by atoms with van der Waals surface area (Å²) in [5.74, 6) is 10.9. The first kappa shape index (κ1) is 12.4. The fraction of sp³-hybridized carbons (Fsp3) is 0.667. The molecular formula is C6H16N8O2. The molecule has 0 radical (unpaired) electrons. The zero-order valence-electron chi connectivity index (χ0n) is 8.67. The summed E-state index contributed by atoms with van der Waals surface area (Å²) < 4.78 is 0. The van der Waals surface area contributed by atoms with Crippen molar-refractivity contribution in [1.29, 1.82) is 0 Å². The maximum atomic E-state index is 10.9. The molecule has 92 valence electrons. The second-order valence-electron chi connectivity index (χ2n) is 3.28. The molecule has 9 N–H and O–H groups in total. The van der Waals surface area contributed by atoms with Gasteiger partial charge in [0.1, 0.15) is 6.17 Å². The number of hydrogen-bond acceptors (Lipinski definition) is 6. The number of amides is 4. The second-order valence-corrected chi connectivity index (χ2v) is 3.28. The van der Waals surface area contributed by atoms with Crippen molar-refractivity contribution in [1.82, 2.24) is 20.5 Å². The standard InChI is InChI=1S/C6H16N8O2/c7-5(15)13(9)4-3-11-1-2-12(4)14(10)6(8)16/h4,11H,1-3,9-10H2,(H2,7,15)(H2,8,16). The van der Waals surface area contributed by atoms with Crippen LogP contribution in [0.2, 0.25) is 0 Å². The van der Waals surface area contributed by atoms with Gasteiger partial charge in [0.2, 0.25) is 0 Å². The zero-order chi connectivity index (χ0) is 12.3. The number of hydrogen-bond donors (Lipinski definition) is 5. The van der Waals surface area contributed by atoms with E-state index in [1.165, 1.54) is 5.01 Å². The number of hydrazine groups is 3. The maximum Gasteiger partial charge on any atom is 0.344 e. The molecule has 0 bridgehead atoms. The van der Waals surface area contributed by atoms with Crippen molar-refractivity contribution >= 4 is 12.1 Å². The Hall–Kier alpha value is -1.62. The van der Waals surface area contributed by atoms with Crippen LogP contribution in [0.1, 0.15) is 0 Å². The van der Waals surface area contributed by atoms with E-state index in [1.807, 2.05) is 0 Å². The van der Waals surface area contributed by atoms with Crippen molar-refractivity contribution < 1.29 is 9.59 Å². The summed E-state index contributed by atoms with van der Waals surface area (Å²) in [6, 6.07) is -1.67. The summed E-state index contributed by atoms with van der Waals surface area (Å²) in [6.07, 6.45) is -0.649. The molecule has 1 unspecified atom stereocenters. The Bertz CT molecular complexity index is 256. The van der Waals surface area contributed by atoms with Gasteiger partial charge in [-0.3, -0.25) is 0 Å². The molecule has 16 heavy (non-hydrogen) atoms. The van der Waals surface area contributed by atoms with Crippen molar-refractivity contribution in [3.8, 4) is 0 Å². The first-order chi connectivity index (χ1) is 7.45. The first-order valence-electron chi connectivity index (χ1n) is 4.60. The van der Waals surface area contributed by atoms with E-state index in [-0.39, 0.29) is 0 Å². The van der Waals surface area contributed by atoms with Crippen LogP contribution in [0, 0.1) is 0 Å². The molecule has 1 heterocycles. The third-order valence-corrected chi connectivity index (χ3v) is 2.27. The molecule has 1 rings (SSSR count). The Kier molecular flexibility index (Phi) is 3.84. The molecule has 10 nitrogen and oxygen atoms in total. The van der Waals surface area contributed by atoms with Crippen LogP contribution >= 0.6 is 0 Å². The van der Waals surface area contributed by atoms with E-state index >= 15 is 0 Å². The molecular weight excluding hydrogens is 216 g/mol. The van der Waals surface area contributed by atoms with Gasteiger partial charge in [0.15, 0.2) is 0 Å². The Balaban J connectivity index is 2.78. The van der Waals surface area contributed by atoms with Crippen LogP contribution in [-0.2, 0) is 0 Å². The lowest BCUT2D eigenvalue weighted by Crippen LogP contribution is -2.70.